The van der Waals surface area contributed by atoms with Gasteiger partial charge < -0.3 is 4.74 Å². The summed E-state index contributed by atoms with van der Waals surface area (Å²) in [5, 5.41) is 0. The van der Waals surface area contributed by atoms with Gasteiger partial charge in [-0.2, -0.15) is 0 Å². The highest BCUT2D eigenvalue weighted by molar-refractivity contribution is 9.10. The van der Waals surface area contributed by atoms with Gasteiger partial charge in [-0.1, -0.05) is 48.4 Å². The Hall–Kier alpha value is 0.657. The maximum atomic E-state index is 6.24. The van der Waals surface area contributed by atoms with E-state index in [0.29, 0.717) is 16.7 Å². The minimum Gasteiger partial charge on any atom is -0.374 e. The van der Waals surface area contributed by atoms with E-state index >= 15 is 0 Å². The third-order valence-electron chi connectivity index (χ3n) is 3.88. The van der Waals surface area contributed by atoms with E-state index < -0.39 is 8.07 Å². The largest absolute Gasteiger partial charge is 0.374 e. The highest BCUT2D eigenvalue weighted by Crippen LogP contribution is 2.41. The number of fused-ring (bicyclic) bond motifs is 1. The van der Waals surface area contributed by atoms with Gasteiger partial charge in [-0.25, -0.2) is 0 Å². The van der Waals surface area contributed by atoms with E-state index in [9.17, 15) is 0 Å². The van der Waals surface area contributed by atoms with E-state index in [4.69, 9.17) is 4.74 Å². The molecule has 0 aromatic rings. The molecule has 1 heterocycles. The van der Waals surface area contributed by atoms with Crippen molar-refractivity contribution in [1.29, 1.82) is 0 Å². The maximum absolute atomic E-state index is 6.24. The maximum Gasteiger partial charge on any atom is 0.0682 e. The summed E-state index contributed by atoms with van der Waals surface area (Å²) in [6.45, 7) is 7.28. The van der Waals surface area contributed by atoms with Crippen LogP contribution in [0.5, 0.6) is 0 Å². The molecular weight excluding hydrogens is 268 g/mol. The Labute approximate surface area is 103 Å². The second-order valence-electron chi connectivity index (χ2n) is 6.26. The van der Waals surface area contributed by atoms with Crippen LogP contribution in [0.2, 0.25) is 19.6 Å². The van der Waals surface area contributed by atoms with Crippen molar-refractivity contribution in [2.75, 3.05) is 0 Å². The summed E-state index contributed by atoms with van der Waals surface area (Å²) >= 11 is 3.90. The molecular formula is C12H23BrOSi. The van der Waals surface area contributed by atoms with Crippen molar-refractivity contribution in [2.45, 2.75) is 68.4 Å². The Balaban J connectivity index is 1.96. The Morgan fingerprint density at radius 2 is 1.87 bits per heavy atom. The van der Waals surface area contributed by atoms with Crippen molar-refractivity contribution in [2.24, 2.45) is 5.92 Å². The first-order chi connectivity index (χ1) is 6.98. The van der Waals surface area contributed by atoms with E-state index in [2.05, 4.69) is 35.6 Å². The molecule has 0 N–H and O–H groups in total. The molecule has 1 aliphatic carbocycles. The van der Waals surface area contributed by atoms with E-state index in [1.165, 1.54) is 32.1 Å². The fourth-order valence-corrected chi connectivity index (χ4v) is 4.62. The molecule has 1 saturated carbocycles. The molecule has 88 valence electrons. The molecule has 0 amide bonds. The lowest BCUT2D eigenvalue weighted by molar-refractivity contribution is 0.0252. The van der Waals surface area contributed by atoms with Gasteiger partial charge in [0, 0.05) is 4.45 Å². The molecule has 0 bridgehead atoms. The third-order valence-corrected chi connectivity index (χ3v) is 10.6. The quantitative estimate of drug-likeness (QED) is 0.552. The lowest BCUT2D eigenvalue weighted by Gasteiger charge is -2.28. The fraction of sp³-hybridized carbons (Fsp3) is 1.00. The molecule has 0 aromatic carbocycles. The zero-order valence-corrected chi connectivity index (χ0v) is 12.7. The molecule has 0 aromatic heterocycles. The van der Waals surface area contributed by atoms with E-state index in [0.717, 1.165) is 5.92 Å². The van der Waals surface area contributed by atoms with Gasteiger partial charge in [0.2, 0.25) is 0 Å². The number of halogens is 1. The van der Waals surface area contributed by atoms with Gasteiger partial charge in [0.25, 0.3) is 0 Å². The van der Waals surface area contributed by atoms with Gasteiger partial charge in [0.15, 0.2) is 0 Å². The summed E-state index contributed by atoms with van der Waals surface area (Å²) in [6, 6.07) is 0. The number of rotatable bonds is 2. The van der Waals surface area contributed by atoms with Crippen molar-refractivity contribution in [3.05, 3.63) is 0 Å². The predicted molar refractivity (Wildman–Crippen MR) is 71.3 cm³/mol. The predicted octanol–water partition coefficient (Wildman–Crippen LogP) is 3.98. The van der Waals surface area contributed by atoms with Crippen molar-refractivity contribution < 1.29 is 4.74 Å². The average Bonchev–Trinajstić information content (AvgIpc) is 2.58. The summed E-state index contributed by atoms with van der Waals surface area (Å²) in [7, 11) is -1.10. The first-order valence-corrected chi connectivity index (χ1v) is 10.8. The summed E-state index contributed by atoms with van der Waals surface area (Å²) < 4.78 is 6.88. The molecule has 2 rings (SSSR count). The van der Waals surface area contributed by atoms with Gasteiger partial charge in [0.05, 0.1) is 20.3 Å². The van der Waals surface area contributed by atoms with Crippen molar-refractivity contribution in [3.63, 3.8) is 0 Å². The molecule has 1 saturated heterocycles. The van der Waals surface area contributed by atoms with Crippen LogP contribution in [-0.2, 0) is 4.74 Å². The molecule has 2 fully saturated rings. The summed E-state index contributed by atoms with van der Waals surface area (Å²) in [5.74, 6) is 0.875. The lowest BCUT2D eigenvalue weighted by atomic mass is 9.86. The molecule has 1 aliphatic heterocycles. The Morgan fingerprint density at radius 1 is 1.20 bits per heavy atom. The van der Waals surface area contributed by atoms with Crippen molar-refractivity contribution >= 4 is 24.0 Å². The third kappa shape index (κ3) is 2.67. The summed E-state index contributed by atoms with van der Waals surface area (Å²) in [4.78, 5) is 0. The average molecular weight is 291 g/mol. The number of alkyl halides is 1. The van der Waals surface area contributed by atoms with Crippen LogP contribution in [-0.4, -0.2) is 24.7 Å². The highest BCUT2D eigenvalue weighted by atomic mass is 79.9. The van der Waals surface area contributed by atoms with Gasteiger partial charge >= 0.3 is 0 Å². The Morgan fingerprint density at radius 3 is 2.47 bits per heavy atom. The lowest BCUT2D eigenvalue weighted by Crippen LogP contribution is -2.42. The minimum atomic E-state index is -1.10. The first-order valence-electron chi connectivity index (χ1n) is 6.28. The van der Waals surface area contributed by atoms with Crippen LogP contribution in [0.3, 0.4) is 0 Å². The highest BCUT2D eigenvalue weighted by Gasteiger charge is 2.42. The van der Waals surface area contributed by atoms with Crippen LogP contribution in [0, 0.1) is 5.92 Å². The zero-order chi connectivity index (χ0) is 11.1. The number of hydrogen-bond acceptors (Lipinski definition) is 1. The van der Waals surface area contributed by atoms with Gasteiger partial charge in [-0.3, -0.25) is 0 Å². The second-order valence-corrected chi connectivity index (χ2v) is 13.4. The van der Waals surface area contributed by atoms with Crippen LogP contribution in [0.4, 0.5) is 0 Å². The molecule has 3 heteroatoms. The van der Waals surface area contributed by atoms with Crippen molar-refractivity contribution in [1.82, 2.24) is 0 Å². The zero-order valence-electron chi connectivity index (χ0n) is 10.1. The smallest absolute Gasteiger partial charge is 0.0682 e. The first kappa shape index (κ1) is 12.1. The standard InChI is InChI=1S/C12H23BrOSi/c1-15(2,3)12(13)11-8-9-6-4-5-7-10(9)14-11/h9-12H,4-8H2,1-3H3/t9-,10+,11-,12+/m0/s1. The summed E-state index contributed by atoms with van der Waals surface area (Å²) in [6.07, 6.45) is 7.94. The fourth-order valence-electron chi connectivity index (χ4n) is 2.95. The van der Waals surface area contributed by atoms with Crippen LogP contribution < -0.4 is 0 Å². The molecule has 0 spiro atoms. The van der Waals surface area contributed by atoms with E-state index in [1.807, 2.05) is 0 Å². The Kier molecular flexibility index (Phi) is 3.63. The molecule has 0 radical (unpaired) electrons. The molecule has 1 nitrogen and oxygen atoms in total. The number of hydrogen-bond donors (Lipinski definition) is 0. The topological polar surface area (TPSA) is 9.23 Å². The normalized spacial score (nSPS) is 38.8. The van der Waals surface area contributed by atoms with Crippen molar-refractivity contribution in [3.8, 4) is 0 Å². The van der Waals surface area contributed by atoms with Crippen LogP contribution >= 0.6 is 15.9 Å². The molecule has 4 atom stereocenters. The van der Waals surface area contributed by atoms with Gasteiger partial charge in [-0.05, 0) is 25.2 Å². The van der Waals surface area contributed by atoms with Crippen LogP contribution in [0.25, 0.3) is 0 Å². The van der Waals surface area contributed by atoms with E-state index in [1.54, 1.807) is 0 Å². The number of ether oxygens (including phenoxy) is 1. The molecule has 2 aliphatic rings. The summed E-state index contributed by atoms with van der Waals surface area (Å²) in [5.41, 5.74) is 0. The Bertz CT molecular complexity index is 212. The van der Waals surface area contributed by atoms with E-state index in [-0.39, 0.29) is 0 Å². The minimum absolute atomic E-state index is 0.504. The SMILES string of the molecule is C[Si](C)(C)[C@@H](Br)[C@@H]1C[C@@H]2CCCC[C@H]2O1. The molecule has 15 heavy (non-hydrogen) atoms. The van der Waals surface area contributed by atoms with Gasteiger partial charge in [-0.15, -0.1) is 0 Å². The second kappa shape index (κ2) is 4.50. The molecule has 0 unspecified atom stereocenters. The van der Waals surface area contributed by atoms with Gasteiger partial charge in [0.1, 0.15) is 0 Å². The monoisotopic (exact) mass is 290 g/mol. The van der Waals surface area contributed by atoms with Crippen LogP contribution in [0.1, 0.15) is 32.1 Å². The van der Waals surface area contributed by atoms with Crippen LogP contribution in [0.15, 0.2) is 0 Å².